The Hall–Kier alpha value is -3.40. The Balaban J connectivity index is 1.80. The first kappa shape index (κ1) is 21.3. The molecule has 156 valence electrons. The lowest BCUT2D eigenvalue weighted by Gasteiger charge is -2.14. The van der Waals surface area contributed by atoms with Gasteiger partial charge in [-0.05, 0) is 42.5 Å². The molecule has 0 fully saturated rings. The molecule has 0 aliphatic carbocycles. The van der Waals surface area contributed by atoms with E-state index in [1.54, 1.807) is 0 Å². The molecule has 0 aliphatic heterocycles. The largest absolute Gasteiger partial charge is 0.435 e. The zero-order chi connectivity index (χ0) is 21.9. The Labute approximate surface area is 171 Å². The van der Waals surface area contributed by atoms with Gasteiger partial charge in [0.25, 0.3) is 0 Å². The Kier molecular flexibility index (Phi) is 6.06. The molecule has 0 atom stereocenters. The molecule has 30 heavy (non-hydrogen) atoms. The van der Waals surface area contributed by atoms with Crippen LogP contribution in [-0.2, 0) is 6.18 Å². The van der Waals surface area contributed by atoms with E-state index in [1.807, 2.05) is 0 Å². The van der Waals surface area contributed by atoms with Gasteiger partial charge < -0.3 is 15.4 Å². The van der Waals surface area contributed by atoms with Crippen molar-refractivity contribution in [3.8, 4) is 11.6 Å². The zero-order valence-corrected chi connectivity index (χ0v) is 15.5. The molecule has 0 aliphatic rings. The van der Waals surface area contributed by atoms with Crippen LogP contribution in [0.4, 0.5) is 38.1 Å². The van der Waals surface area contributed by atoms with E-state index in [1.165, 1.54) is 18.3 Å². The van der Waals surface area contributed by atoms with Crippen LogP contribution in [-0.4, -0.2) is 11.0 Å². The number of urea groups is 1. The van der Waals surface area contributed by atoms with Crippen molar-refractivity contribution in [2.45, 2.75) is 6.18 Å². The summed E-state index contributed by atoms with van der Waals surface area (Å²) in [6, 6.07) is 6.91. The van der Waals surface area contributed by atoms with Crippen molar-refractivity contribution in [2.24, 2.45) is 0 Å². The molecule has 2 N–H and O–H groups in total. The van der Waals surface area contributed by atoms with Gasteiger partial charge in [0.05, 0.1) is 16.3 Å². The lowest BCUT2D eigenvalue weighted by atomic mass is 10.2. The van der Waals surface area contributed by atoms with E-state index in [-0.39, 0.29) is 28.0 Å². The second-order valence-electron chi connectivity index (χ2n) is 5.80. The Morgan fingerprint density at radius 3 is 2.43 bits per heavy atom. The highest BCUT2D eigenvalue weighted by Gasteiger charge is 2.31. The fraction of sp³-hybridized carbons (Fsp3) is 0.0526. The number of alkyl halides is 3. The summed E-state index contributed by atoms with van der Waals surface area (Å²) in [5.41, 5.74) is -1.32. The van der Waals surface area contributed by atoms with Crippen LogP contribution in [0.25, 0.3) is 0 Å². The van der Waals surface area contributed by atoms with E-state index >= 15 is 0 Å². The highest BCUT2D eigenvalue weighted by atomic mass is 35.5. The van der Waals surface area contributed by atoms with Crippen LogP contribution in [0.5, 0.6) is 11.6 Å². The molecule has 0 radical (unpaired) electrons. The first-order valence-electron chi connectivity index (χ1n) is 8.16. The van der Waals surface area contributed by atoms with E-state index in [0.29, 0.717) is 12.1 Å². The summed E-state index contributed by atoms with van der Waals surface area (Å²) in [5.74, 6) is -2.41. The van der Waals surface area contributed by atoms with Crippen LogP contribution in [0, 0.1) is 11.6 Å². The number of anilines is 2. The van der Waals surface area contributed by atoms with Gasteiger partial charge in [0.2, 0.25) is 5.88 Å². The molecule has 1 aromatic heterocycles. The number of nitrogens with one attached hydrogen (secondary N) is 2. The number of hydrogen-bond acceptors (Lipinski definition) is 3. The lowest BCUT2D eigenvalue weighted by molar-refractivity contribution is -0.137. The number of pyridine rings is 1. The number of nitrogens with zero attached hydrogens (tertiary/aromatic N) is 1. The molecule has 2 amide bonds. The predicted molar refractivity (Wildman–Crippen MR) is 99.8 cm³/mol. The monoisotopic (exact) mass is 443 g/mol. The van der Waals surface area contributed by atoms with Crippen LogP contribution < -0.4 is 15.4 Å². The smallest absolute Gasteiger partial charge is 0.416 e. The number of carbonyl (C=O) groups is 1. The fourth-order valence-electron chi connectivity index (χ4n) is 2.30. The van der Waals surface area contributed by atoms with E-state index in [9.17, 15) is 26.7 Å². The van der Waals surface area contributed by atoms with Crippen LogP contribution >= 0.6 is 11.6 Å². The van der Waals surface area contributed by atoms with Crippen LogP contribution in [0.1, 0.15) is 5.56 Å². The molecule has 11 heteroatoms. The van der Waals surface area contributed by atoms with Gasteiger partial charge in [-0.25, -0.2) is 18.6 Å². The molecular weight excluding hydrogens is 433 g/mol. The first-order chi connectivity index (χ1) is 14.1. The molecule has 0 spiro atoms. The third-order valence-electron chi connectivity index (χ3n) is 3.66. The molecule has 3 aromatic rings. The van der Waals surface area contributed by atoms with E-state index in [0.717, 1.165) is 24.3 Å². The van der Waals surface area contributed by atoms with Gasteiger partial charge in [-0.15, -0.1) is 0 Å². The van der Waals surface area contributed by atoms with Gasteiger partial charge in [0, 0.05) is 12.3 Å². The van der Waals surface area contributed by atoms with Gasteiger partial charge in [-0.1, -0.05) is 11.6 Å². The molecule has 1 heterocycles. The van der Waals surface area contributed by atoms with Crippen molar-refractivity contribution in [3.05, 3.63) is 76.9 Å². The van der Waals surface area contributed by atoms with E-state index in [2.05, 4.69) is 15.6 Å². The van der Waals surface area contributed by atoms with Crippen molar-refractivity contribution < 1.29 is 31.5 Å². The molecule has 3 rings (SSSR count). The minimum absolute atomic E-state index is 0.0361. The van der Waals surface area contributed by atoms with Crippen LogP contribution in [0.15, 0.2) is 54.7 Å². The van der Waals surface area contributed by atoms with Crippen molar-refractivity contribution in [1.29, 1.82) is 0 Å². The maximum Gasteiger partial charge on any atom is 0.416 e. The quantitative estimate of drug-likeness (QED) is 0.454. The predicted octanol–water partition coefficient (Wildman–Crippen LogP) is 6.47. The minimum atomic E-state index is -4.62. The standard InChI is InChI=1S/C19H11ClF5N3O2/c20-12-5-3-10(19(23,24)25)8-16(12)30-17-15(2-1-7-26-17)28-18(29)27-14-6-4-11(21)9-13(14)22/h1-9H,(H2,27,28,29). The Morgan fingerprint density at radius 1 is 1.00 bits per heavy atom. The molecule has 5 nitrogen and oxygen atoms in total. The first-order valence-corrected chi connectivity index (χ1v) is 8.54. The maximum absolute atomic E-state index is 13.7. The molecule has 0 saturated carbocycles. The normalized spacial score (nSPS) is 11.1. The van der Waals surface area contributed by atoms with Crippen molar-refractivity contribution in [2.75, 3.05) is 10.6 Å². The number of rotatable bonds is 4. The summed E-state index contributed by atoms with van der Waals surface area (Å²) >= 11 is 5.90. The van der Waals surface area contributed by atoms with E-state index < -0.39 is 29.4 Å². The average molecular weight is 444 g/mol. The molecule has 0 saturated heterocycles. The number of hydrogen-bond donors (Lipinski definition) is 2. The number of carbonyl (C=O) groups excluding carboxylic acids is 1. The lowest BCUT2D eigenvalue weighted by Crippen LogP contribution is -2.20. The Morgan fingerprint density at radius 2 is 1.73 bits per heavy atom. The summed E-state index contributed by atoms with van der Waals surface area (Å²) in [7, 11) is 0. The van der Waals surface area contributed by atoms with Gasteiger partial charge >= 0.3 is 12.2 Å². The number of halogens is 6. The summed E-state index contributed by atoms with van der Waals surface area (Å²) in [6.07, 6.45) is -3.34. The minimum Gasteiger partial charge on any atom is -0.435 e. The summed E-state index contributed by atoms with van der Waals surface area (Å²) in [4.78, 5) is 16.0. The SMILES string of the molecule is O=C(Nc1ccc(F)cc1F)Nc1cccnc1Oc1cc(C(F)(F)F)ccc1Cl. The van der Waals surface area contributed by atoms with Crippen molar-refractivity contribution >= 4 is 29.0 Å². The number of amides is 2. The van der Waals surface area contributed by atoms with E-state index in [4.69, 9.17) is 16.3 Å². The molecule has 0 bridgehead atoms. The second-order valence-corrected chi connectivity index (χ2v) is 6.21. The van der Waals surface area contributed by atoms with Gasteiger partial charge in [0.1, 0.15) is 23.1 Å². The topological polar surface area (TPSA) is 63.2 Å². The van der Waals surface area contributed by atoms with Gasteiger partial charge in [0.15, 0.2) is 0 Å². The molecular formula is C19H11ClF5N3O2. The summed E-state index contributed by atoms with van der Waals surface area (Å²) < 4.78 is 70.7. The van der Waals surface area contributed by atoms with Gasteiger partial charge in [-0.3, -0.25) is 0 Å². The summed E-state index contributed by atoms with van der Waals surface area (Å²) in [6.45, 7) is 0. The highest BCUT2D eigenvalue weighted by molar-refractivity contribution is 6.32. The van der Waals surface area contributed by atoms with Crippen LogP contribution in [0.3, 0.4) is 0 Å². The maximum atomic E-state index is 13.7. The third kappa shape index (κ3) is 5.15. The number of aromatic nitrogens is 1. The fourth-order valence-corrected chi connectivity index (χ4v) is 2.45. The third-order valence-corrected chi connectivity index (χ3v) is 3.98. The van der Waals surface area contributed by atoms with Crippen molar-refractivity contribution in [3.63, 3.8) is 0 Å². The van der Waals surface area contributed by atoms with Gasteiger partial charge in [-0.2, -0.15) is 13.2 Å². The number of ether oxygens (including phenoxy) is 1. The zero-order valence-electron chi connectivity index (χ0n) is 14.7. The highest BCUT2D eigenvalue weighted by Crippen LogP contribution is 2.37. The molecule has 2 aromatic carbocycles. The molecule has 0 unspecified atom stereocenters. The van der Waals surface area contributed by atoms with Crippen LogP contribution in [0.2, 0.25) is 5.02 Å². The van der Waals surface area contributed by atoms with Crippen molar-refractivity contribution in [1.82, 2.24) is 4.98 Å². The Bertz CT molecular complexity index is 1090. The number of benzene rings is 2. The second kappa shape index (κ2) is 8.54. The average Bonchev–Trinajstić information content (AvgIpc) is 2.66. The summed E-state index contributed by atoms with van der Waals surface area (Å²) in [5, 5.41) is 4.38.